The molecule has 1 saturated heterocycles. The number of nitrogens with one attached hydrogen (secondary N) is 3. The number of nitrogens with zero attached hydrogens (tertiary/aromatic N) is 1. The molecule has 0 saturated carbocycles. The largest absolute Gasteiger partial charge is 0.363 e. The third kappa shape index (κ3) is 9.62. The third-order valence-electron chi connectivity index (χ3n) is 7.60. The lowest BCUT2D eigenvalue weighted by Gasteiger charge is -2.25. The first-order valence-corrected chi connectivity index (χ1v) is 17.1. The molecule has 3 N–H and O–H groups in total. The van der Waals surface area contributed by atoms with Gasteiger partial charge in [-0.3, -0.25) is 9.59 Å². The third-order valence-corrected chi connectivity index (χ3v) is 9.72. The van der Waals surface area contributed by atoms with Gasteiger partial charge in [0, 0.05) is 23.6 Å². The molecule has 1 aliphatic heterocycles. The zero-order valence-corrected chi connectivity index (χ0v) is 28.4. The molecule has 1 fully saturated rings. The van der Waals surface area contributed by atoms with Gasteiger partial charge in [-0.1, -0.05) is 76.2 Å². The van der Waals surface area contributed by atoms with E-state index in [2.05, 4.69) is 16.0 Å². The van der Waals surface area contributed by atoms with Crippen LogP contribution in [0.15, 0.2) is 108 Å². The number of sulfonamides is 1. The van der Waals surface area contributed by atoms with E-state index < -0.39 is 22.0 Å². The Labute approximate surface area is 291 Å². The lowest BCUT2D eigenvalue weighted by molar-refractivity contribution is -0.123. The molecule has 0 radical (unpaired) electrons. The topological polar surface area (TPSA) is 117 Å². The number of para-hydroxylation sites is 1. The second-order valence-electron chi connectivity index (χ2n) is 10.9. The van der Waals surface area contributed by atoms with Crippen LogP contribution >= 0.6 is 35.6 Å². The molecule has 0 aliphatic carbocycles. The van der Waals surface area contributed by atoms with Gasteiger partial charge in [0.1, 0.15) is 6.04 Å². The standard InChI is InChI=1S/C34H34Cl2N4O5S.ClH/c35-27-13-16-32(30(36)22-27)45-40(28-9-5-2-6-10-28)46(43,44)29-14-11-26(12-15-29)33(41)39-31(21-24-7-3-1-4-8-24)34(42)38-23-25-17-19-37-20-18-25;/h1-16,22,25,31,37H,17-21,23H2,(H,38,42)(H,39,41);1H. The second-order valence-corrected chi connectivity index (χ2v) is 13.5. The number of benzene rings is 4. The zero-order chi connectivity index (χ0) is 32.5. The molecule has 0 bridgehead atoms. The smallest absolute Gasteiger partial charge is 0.295 e. The maximum Gasteiger partial charge on any atom is 0.295 e. The van der Waals surface area contributed by atoms with Crippen LogP contribution in [0.3, 0.4) is 0 Å². The summed E-state index contributed by atoms with van der Waals surface area (Å²) in [5.41, 5.74) is 1.32. The van der Waals surface area contributed by atoms with Crippen molar-refractivity contribution in [1.29, 1.82) is 0 Å². The van der Waals surface area contributed by atoms with Crippen molar-refractivity contribution in [1.82, 2.24) is 16.0 Å². The van der Waals surface area contributed by atoms with E-state index in [1.807, 2.05) is 30.3 Å². The average molecular weight is 718 g/mol. The molecule has 0 spiro atoms. The van der Waals surface area contributed by atoms with Crippen LogP contribution < -0.4 is 25.3 Å². The Balaban J connectivity index is 0.00000500. The minimum absolute atomic E-state index is 0. The predicted octanol–water partition coefficient (Wildman–Crippen LogP) is 6.06. The van der Waals surface area contributed by atoms with Gasteiger partial charge in [0.15, 0.2) is 5.75 Å². The van der Waals surface area contributed by atoms with E-state index in [-0.39, 0.29) is 45.2 Å². The normalized spacial score (nSPS) is 13.9. The van der Waals surface area contributed by atoms with Gasteiger partial charge in [0.05, 0.1) is 15.6 Å². The number of rotatable bonds is 12. The van der Waals surface area contributed by atoms with Crippen molar-refractivity contribution in [2.75, 3.05) is 24.1 Å². The van der Waals surface area contributed by atoms with Crippen LogP contribution in [-0.4, -0.2) is 45.9 Å². The molecule has 1 aliphatic rings. The summed E-state index contributed by atoms with van der Waals surface area (Å²) in [5.74, 6) is -0.322. The fourth-order valence-electron chi connectivity index (χ4n) is 5.06. The summed E-state index contributed by atoms with van der Waals surface area (Å²) in [5, 5.41) is 9.67. The summed E-state index contributed by atoms with van der Waals surface area (Å²) in [7, 11) is -4.30. The lowest BCUT2D eigenvalue weighted by Crippen LogP contribution is -2.49. The summed E-state index contributed by atoms with van der Waals surface area (Å²) in [6, 6.07) is 26.7. The maximum absolute atomic E-state index is 13.8. The number of hydrogen-bond donors (Lipinski definition) is 3. The van der Waals surface area contributed by atoms with Gasteiger partial charge in [-0.2, -0.15) is 8.42 Å². The second kappa shape index (κ2) is 16.9. The van der Waals surface area contributed by atoms with Gasteiger partial charge in [-0.15, -0.1) is 12.4 Å². The first-order chi connectivity index (χ1) is 22.2. The van der Waals surface area contributed by atoms with Crippen molar-refractivity contribution in [2.24, 2.45) is 5.92 Å². The van der Waals surface area contributed by atoms with Crippen LogP contribution in [0.4, 0.5) is 5.69 Å². The number of anilines is 1. The molecule has 248 valence electrons. The van der Waals surface area contributed by atoms with Crippen molar-refractivity contribution in [3.05, 3.63) is 124 Å². The van der Waals surface area contributed by atoms with E-state index in [1.165, 1.54) is 42.5 Å². The minimum Gasteiger partial charge on any atom is -0.363 e. The molecule has 0 aromatic heterocycles. The van der Waals surface area contributed by atoms with Crippen LogP contribution in [0.25, 0.3) is 0 Å². The average Bonchev–Trinajstić information content (AvgIpc) is 3.08. The van der Waals surface area contributed by atoms with Crippen molar-refractivity contribution in [2.45, 2.75) is 30.2 Å². The van der Waals surface area contributed by atoms with Crippen LogP contribution in [0, 0.1) is 5.92 Å². The molecular formula is C34H35Cl3N4O5S. The molecule has 2 amide bonds. The Morgan fingerprint density at radius 1 is 0.894 bits per heavy atom. The van der Waals surface area contributed by atoms with E-state index >= 15 is 0 Å². The van der Waals surface area contributed by atoms with Crippen molar-refractivity contribution >= 4 is 63.1 Å². The minimum atomic E-state index is -4.30. The molecular weight excluding hydrogens is 683 g/mol. The zero-order valence-electron chi connectivity index (χ0n) is 25.3. The van der Waals surface area contributed by atoms with Crippen LogP contribution in [0.2, 0.25) is 10.0 Å². The van der Waals surface area contributed by atoms with E-state index in [9.17, 15) is 18.0 Å². The SMILES string of the molecule is Cl.O=C(NC(Cc1ccccc1)C(=O)NCC1CCNCC1)c1ccc(S(=O)(=O)N(Oc2ccc(Cl)cc2Cl)c2ccccc2)cc1. The number of hydrogen-bond acceptors (Lipinski definition) is 6. The summed E-state index contributed by atoms with van der Waals surface area (Å²) in [4.78, 5) is 32.3. The summed E-state index contributed by atoms with van der Waals surface area (Å²) >= 11 is 12.3. The van der Waals surface area contributed by atoms with Gasteiger partial charge in [-0.05, 0) is 92.0 Å². The lowest BCUT2D eigenvalue weighted by atomic mass is 9.98. The maximum atomic E-state index is 13.8. The first kappa shape index (κ1) is 36.0. The van der Waals surface area contributed by atoms with Crippen molar-refractivity contribution in [3.63, 3.8) is 0 Å². The molecule has 1 heterocycles. The van der Waals surface area contributed by atoms with E-state index in [4.69, 9.17) is 28.0 Å². The van der Waals surface area contributed by atoms with Crippen molar-refractivity contribution in [3.8, 4) is 5.75 Å². The molecule has 1 atom stereocenters. The van der Waals surface area contributed by atoms with E-state index in [0.29, 0.717) is 23.9 Å². The fraction of sp³-hybridized carbons (Fsp3) is 0.235. The number of halogens is 3. The Morgan fingerprint density at radius 2 is 1.53 bits per heavy atom. The van der Waals surface area contributed by atoms with Gasteiger partial charge in [0.25, 0.3) is 15.9 Å². The van der Waals surface area contributed by atoms with Gasteiger partial charge in [-0.25, -0.2) is 0 Å². The van der Waals surface area contributed by atoms with Gasteiger partial charge in [0.2, 0.25) is 5.91 Å². The van der Waals surface area contributed by atoms with Crippen LogP contribution in [0.1, 0.15) is 28.8 Å². The Hall–Kier alpha value is -3.80. The highest BCUT2D eigenvalue weighted by Crippen LogP contribution is 2.32. The highest BCUT2D eigenvalue weighted by Gasteiger charge is 2.29. The highest BCUT2D eigenvalue weighted by atomic mass is 35.5. The Bertz CT molecular complexity index is 1740. The van der Waals surface area contributed by atoms with E-state index in [1.54, 1.807) is 30.3 Å². The predicted molar refractivity (Wildman–Crippen MR) is 187 cm³/mol. The summed E-state index contributed by atoms with van der Waals surface area (Å²) in [6.07, 6.45) is 2.25. The monoisotopic (exact) mass is 716 g/mol. The van der Waals surface area contributed by atoms with Crippen LogP contribution in [0.5, 0.6) is 5.75 Å². The molecule has 47 heavy (non-hydrogen) atoms. The van der Waals surface area contributed by atoms with Crippen molar-refractivity contribution < 1.29 is 22.8 Å². The number of carbonyl (C=O) groups excluding carboxylic acids is 2. The number of amides is 2. The Kier molecular flexibility index (Phi) is 12.9. The Morgan fingerprint density at radius 3 is 2.17 bits per heavy atom. The molecule has 1 unspecified atom stereocenters. The van der Waals surface area contributed by atoms with E-state index in [0.717, 1.165) is 36.0 Å². The molecule has 4 aromatic carbocycles. The molecule has 5 rings (SSSR count). The first-order valence-electron chi connectivity index (χ1n) is 14.9. The van der Waals surface area contributed by atoms with Crippen LogP contribution in [-0.2, 0) is 21.2 Å². The van der Waals surface area contributed by atoms with Gasteiger partial charge < -0.3 is 20.8 Å². The highest BCUT2D eigenvalue weighted by molar-refractivity contribution is 7.92. The molecule has 4 aromatic rings. The number of piperidine rings is 1. The summed E-state index contributed by atoms with van der Waals surface area (Å²) in [6.45, 7) is 2.37. The van der Waals surface area contributed by atoms with Gasteiger partial charge >= 0.3 is 0 Å². The fourth-order valence-corrected chi connectivity index (χ4v) is 6.75. The molecule has 13 heteroatoms. The quantitative estimate of drug-likeness (QED) is 0.154. The number of carbonyl (C=O) groups is 2. The summed E-state index contributed by atoms with van der Waals surface area (Å²) < 4.78 is 28.5. The molecule has 9 nitrogen and oxygen atoms in total.